The van der Waals surface area contributed by atoms with E-state index in [1.165, 1.54) is 10.6 Å². The van der Waals surface area contributed by atoms with Crippen molar-refractivity contribution >= 4 is 26.8 Å². The highest BCUT2D eigenvalue weighted by Gasteiger charge is 2.50. The van der Waals surface area contributed by atoms with Crippen molar-refractivity contribution in [3.63, 3.8) is 0 Å². The smallest absolute Gasteiger partial charge is 0.226 e. The van der Waals surface area contributed by atoms with E-state index in [1.807, 2.05) is 23.1 Å². The second-order valence-corrected chi connectivity index (χ2v) is 11.8. The first-order chi connectivity index (χ1) is 16.3. The fourth-order valence-electron chi connectivity index (χ4n) is 6.07. The maximum absolute atomic E-state index is 13.7. The van der Waals surface area contributed by atoms with Crippen LogP contribution < -0.4 is 4.74 Å². The van der Waals surface area contributed by atoms with Crippen LogP contribution in [-0.4, -0.2) is 86.4 Å². The van der Waals surface area contributed by atoms with Gasteiger partial charge < -0.3 is 24.5 Å². The molecule has 2 aromatic rings. The van der Waals surface area contributed by atoms with Crippen LogP contribution in [0.1, 0.15) is 43.0 Å². The Bertz CT molecular complexity index is 1180. The molecule has 4 heterocycles. The van der Waals surface area contributed by atoms with Crippen LogP contribution in [0.2, 0.25) is 0 Å². The highest BCUT2D eigenvalue weighted by molar-refractivity contribution is 7.88. The number of H-pyrrole nitrogens is 1. The van der Waals surface area contributed by atoms with Gasteiger partial charge in [-0.15, -0.1) is 0 Å². The molecule has 1 aromatic carbocycles. The Labute approximate surface area is 200 Å². The Morgan fingerprint density at radius 3 is 2.59 bits per heavy atom. The molecular formula is C24H33N3O6S. The number of fused-ring (bicyclic) bond motifs is 4. The monoisotopic (exact) mass is 491 g/mol. The average molecular weight is 492 g/mol. The summed E-state index contributed by atoms with van der Waals surface area (Å²) in [5.74, 6) is 0.652. The maximum Gasteiger partial charge on any atom is 0.226 e. The van der Waals surface area contributed by atoms with Gasteiger partial charge in [-0.1, -0.05) is 0 Å². The molecule has 34 heavy (non-hydrogen) atoms. The Hall–Kier alpha value is -2.14. The van der Waals surface area contributed by atoms with Gasteiger partial charge in [-0.3, -0.25) is 4.79 Å². The minimum Gasteiger partial charge on any atom is -0.497 e. The number of rotatable bonds is 4. The van der Waals surface area contributed by atoms with Gasteiger partial charge in [0.2, 0.25) is 15.9 Å². The zero-order valence-electron chi connectivity index (χ0n) is 19.7. The molecule has 1 spiro atoms. The zero-order valence-corrected chi connectivity index (χ0v) is 20.6. The first-order valence-corrected chi connectivity index (χ1v) is 13.8. The van der Waals surface area contributed by atoms with Gasteiger partial charge in [0.1, 0.15) is 5.75 Å². The number of amides is 1. The van der Waals surface area contributed by atoms with Crippen LogP contribution >= 0.6 is 0 Å². The van der Waals surface area contributed by atoms with Gasteiger partial charge in [0.15, 0.2) is 0 Å². The lowest BCUT2D eigenvalue weighted by Gasteiger charge is -2.50. The Kier molecular flexibility index (Phi) is 6.12. The van der Waals surface area contributed by atoms with E-state index in [0.717, 1.165) is 27.9 Å². The first kappa shape index (κ1) is 23.6. The van der Waals surface area contributed by atoms with Gasteiger partial charge in [0.25, 0.3) is 0 Å². The third-order valence-electron chi connectivity index (χ3n) is 7.92. The molecule has 5 rings (SSSR count). The fourth-order valence-corrected chi connectivity index (χ4v) is 6.92. The first-order valence-electron chi connectivity index (χ1n) is 11.9. The Morgan fingerprint density at radius 1 is 1.26 bits per heavy atom. The third kappa shape index (κ3) is 3.90. The number of carbonyl (C=O) groups is 1. The largest absolute Gasteiger partial charge is 0.497 e. The van der Waals surface area contributed by atoms with Crippen molar-refractivity contribution < 1.29 is 27.8 Å². The molecule has 0 saturated carbocycles. The SMILES string of the molecule is COc1ccc2c3c([nH]c2c1)[C@H](CO)N(C(=O)C1CCOCC1)CC31CCN(S(C)(=O)=O)CC1. The molecule has 3 aliphatic rings. The van der Waals surface area contributed by atoms with Gasteiger partial charge in [0, 0.05) is 66.8 Å². The number of carbonyl (C=O) groups excluding carboxylic acids is 1. The number of hydrogen-bond donors (Lipinski definition) is 2. The molecule has 3 aliphatic heterocycles. The standard InChI is InChI=1S/C24H33N3O6S/c1-32-17-3-4-18-19(13-17)25-22-20(14-28)27(23(29)16-5-11-33-12-6-16)15-24(21(18)22)7-9-26(10-8-24)34(2,30)31/h3-4,13,16,20,25,28H,5-12,14-15H2,1-2H3/t20-/m0/s1. The molecular weight excluding hydrogens is 458 g/mol. The molecule has 0 unspecified atom stereocenters. The number of methoxy groups -OCH3 is 1. The van der Waals surface area contributed by atoms with Crippen LogP contribution in [0.15, 0.2) is 18.2 Å². The number of benzene rings is 1. The number of aromatic nitrogens is 1. The fraction of sp³-hybridized carbons (Fsp3) is 0.625. The Morgan fingerprint density at radius 2 is 1.97 bits per heavy atom. The highest BCUT2D eigenvalue weighted by atomic mass is 32.2. The maximum atomic E-state index is 13.7. The topological polar surface area (TPSA) is 112 Å². The predicted molar refractivity (Wildman–Crippen MR) is 127 cm³/mol. The van der Waals surface area contributed by atoms with Crippen LogP contribution in [0.5, 0.6) is 5.75 Å². The number of aromatic amines is 1. The van der Waals surface area contributed by atoms with Crippen molar-refractivity contribution in [3.05, 3.63) is 29.5 Å². The molecule has 1 atom stereocenters. The molecule has 2 fully saturated rings. The minimum absolute atomic E-state index is 0.0501. The van der Waals surface area contributed by atoms with Gasteiger partial charge >= 0.3 is 0 Å². The number of sulfonamides is 1. The number of hydrogen-bond acceptors (Lipinski definition) is 6. The molecule has 1 amide bonds. The molecule has 9 nitrogen and oxygen atoms in total. The van der Waals surface area contributed by atoms with Crippen molar-refractivity contribution in [1.29, 1.82) is 0 Å². The quantitative estimate of drug-likeness (QED) is 0.674. The predicted octanol–water partition coefficient (Wildman–Crippen LogP) is 1.77. The molecule has 0 bridgehead atoms. The van der Waals surface area contributed by atoms with Crippen molar-refractivity contribution in [1.82, 2.24) is 14.2 Å². The number of aliphatic hydroxyl groups is 1. The average Bonchev–Trinajstić information content (AvgIpc) is 3.23. The molecule has 2 N–H and O–H groups in total. The van der Waals surface area contributed by atoms with E-state index in [2.05, 4.69) is 4.98 Å². The zero-order chi connectivity index (χ0) is 24.1. The summed E-state index contributed by atoms with van der Waals surface area (Å²) >= 11 is 0. The third-order valence-corrected chi connectivity index (χ3v) is 9.23. The molecule has 2 saturated heterocycles. The number of aliphatic hydroxyl groups excluding tert-OH is 1. The normalized spacial score (nSPS) is 23.9. The summed E-state index contributed by atoms with van der Waals surface area (Å²) in [7, 11) is -1.66. The number of nitrogens with one attached hydrogen (secondary N) is 1. The van der Waals surface area contributed by atoms with Gasteiger partial charge in [0.05, 0.1) is 26.0 Å². The lowest BCUT2D eigenvalue weighted by molar-refractivity contribution is -0.144. The van der Waals surface area contributed by atoms with Crippen molar-refractivity contribution in [2.75, 3.05) is 52.8 Å². The van der Waals surface area contributed by atoms with Crippen LogP contribution in [0.25, 0.3) is 10.9 Å². The summed E-state index contributed by atoms with van der Waals surface area (Å²) in [6.45, 7) is 2.24. The summed E-state index contributed by atoms with van der Waals surface area (Å²) in [6.07, 6.45) is 3.83. The lowest BCUT2D eigenvalue weighted by Crippen LogP contribution is -2.56. The van der Waals surface area contributed by atoms with E-state index in [1.54, 1.807) is 7.11 Å². The van der Waals surface area contributed by atoms with Crippen molar-refractivity contribution in [2.45, 2.75) is 37.1 Å². The number of nitrogens with zero attached hydrogens (tertiary/aromatic N) is 2. The summed E-state index contributed by atoms with van der Waals surface area (Å²) in [6, 6.07) is 5.41. The van der Waals surface area contributed by atoms with E-state index in [9.17, 15) is 18.3 Å². The van der Waals surface area contributed by atoms with E-state index in [-0.39, 0.29) is 18.4 Å². The molecule has 1 aromatic heterocycles. The second kappa shape index (κ2) is 8.82. The Balaban J connectivity index is 1.61. The van der Waals surface area contributed by atoms with Gasteiger partial charge in [-0.25, -0.2) is 12.7 Å². The minimum atomic E-state index is -3.28. The molecule has 0 aliphatic carbocycles. The van der Waals surface area contributed by atoms with Crippen molar-refractivity contribution in [2.24, 2.45) is 5.92 Å². The van der Waals surface area contributed by atoms with E-state index >= 15 is 0 Å². The second-order valence-electron chi connectivity index (χ2n) is 9.82. The van der Waals surface area contributed by atoms with Crippen LogP contribution in [-0.2, 0) is 25.0 Å². The molecule has 186 valence electrons. The van der Waals surface area contributed by atoms with Crippen LogP contribution in [0.3, 0.4) is 0 Å². The van der Waals surface area contributed by atoms with Gasteiger partial charge in [-0.2, -0.15) is 0 Å². The lowest BCUT2D eigenvalue weighted by atomic mass is 9.68. The number of ether oxygens (including phenoxy) is 2. The summed E-state index contributed by atoms with van der Waals surface area (Å²) in [5.41, 5.74) is 2.46. The van der Waals surface area contributed by atoms with Crippen LogP contribution in [0.4, 0.5) is 0 Å². The summed E-state index contributed by atoms with van der Waals surface area (Å²) < 4.78 is 36.8. The molecule has 10 heteroatoms. The van der Waals surface area contributed by atoms with Crippen LogP contribution in [0, 0.1) is 5.92 Å². The van der Waals surface area contributed by atoms with E-state index < -0.39 is 21.5 Å². The van der Waals surface area contributed by atoms with E-state index in [0.29, 0.717) is 58.5 Å². The molecule has 0 radical (unpaired) electrons. The van der Waals surface area contributed by atoms with Crippen molar-refractivity contribution in [3.8, 4) is 5.75 Å². The summed E-state index contributed by atoms with van der Waals surface area (Å²) in [5, 5.41) is 11.5. The van der Waals surface area contributed by atoms with Gasteiger partial charge in [-0.05, 0) is 43.4 Å². The summed E-state index contributed by atoms with van der Waals surface area (Å²) in [4.78, 5) is 19.1. The van der Waals surface area contributed by atoms with E-state index in [4.69, 9.17) is 9.47 Å². The highest BCUT2D eigenvalue weighted by Crippen LogP contribution is 2.49. The number of piperidine rings is 1.